The van der Waals surface area contributed by atoms with Gasteiger partial charge >= 0.3 is 0 Å². The van der Waals surface area contributed by atoms with Crippen molar-refractivity contribution in [1.29, 1.82) is 0 Å². The van der Waals surface area contributed by atoms with E-state index in [0.717, 1.165) is 10.9 Å². The highest BCUT2D eigenvalue weighted by Crippen LogP contribution is 2.23. The number of nitrogens with one attached hydrogen (secondary N) is 1. The summed E-state index contributed by atoms with van der Waals surface area (Å²) in [6.07, 6.45) is 0. The summed E-state index contributed by atoms with van der Waals surface area (Å²) in [6, 6.07) is 12.5. The Hall–Kier alpha value is -2.53. The fraction of sp³-hybridized carbons (Fsp3) is 0.0667. The Morgan fingerprint density at radius 3 is 2.81 bits per heavy atom. The Kier molecular flexibility index (Phi) is 3.27. The van der Waals surface area contributed by atoms with Crippen molar-refractivity contribution in [1.82, 2.24) is 9.78 Å². The molecule has 1 aromatic heterocycles. The van der Waals surface area contributed by atoms with Gasteiger partial charge in [0.2, 0.25) is 0 Å². The van der Waals surface area contributed by atoms with E-state index in [1.165, 1.54) is 0 Å². The molecule has 1 heterocycles. The van der Waals surface area contributed by atoms with Crippen LogP contribution in [-0.2, 0) is 7.05 Å². The molecule has 0 aliphatic rings. The Balaban J connectivity index is 1.95. The molecule has 5 nitrogen and oxygen atoms in total. The molecule has 0 spiro atoms. The van der Waals surface area contributed by atoms with Gasteiger partial charge in [-0.15, -0.1) is 0 Å². The smallest absolute Gasteiger partial charge is 0.276 e. The molecule has 0 bridgehead atoms. The van der Waals surface area contributed by atoms with Crippen molar-refractivity contribution < 1.29 is 4.79 Å². The molecule has 0 aliphatic heterocycles. The molecule has 3 rings (SSSR count). The number of aromatic nitrogens is 2. The maximum Gasteiger partial charge on any atom is 0.276 e. The summed E-state index contributed by atoms with van der Waals surface area (Å²) in [5.74, 6) is -0.284. The number of nitrogen functional groups attached to an aromatic ring is 1. The molecule has 0 fully saturated rings. The van der Waals surface area contributed by atoms with Crippen molar-refractivity contribution in [2.45, 2.75) is 0 Å². The Morgan fingerprint density at radius 2 is 2.05 bits per heavy atom. The molecule has 6 heteroatoms. The number of para-hydroxylation sites is 1. The maximum absolute atomic E-state index is 12.4. The average Bonchev–Trinajstić information content (AvgIpc) is 2.81. The highest BCUT2D eigenvalue weighted by atomic mass is 35.5. The molecule has 106 valence electrons. The molecule has 3 N–H and O–H groups in total. The van der Waals surface area contributed by atoms with Crippen LogP contribution in [0.1, 0.15) is 10.5 Å². The first-order valence-electron chi connectivity index (χ1n) is 6.34. The number of nitrogens with zero attached hydrogens (tertiary/aromatic N) is 2. The van der Waals surface area contributed by atoms with Crippen molar-refractivity contribution >= 4 is 39.8 Å². The fourth-order valence-electron chi connectivity index (χ4n) is 2.19. The molecular formula is C15H13ClN4O. The number of fused-ring (bicyclic) bond motifs is 1. The van der Waals surface area contributed by atoms with Crippen LogP contribution < -0.4 is 11.1 Å². The van der Waals surface area contributed by atoms with Gasteiger partial charge in [-0.2, -0.15) is 5.10 Å². The van der Waals surface area contributed by atoms with E-state index in [4.69, 9.17) is 17.3 Å². The van der Waals surface area contributed by atoms with Crippen LogP contribution in [0, 0.1) is 0 Å². The molecule has 1 amide bonds. The van der Waals surface area contributed by atoms with Gasteiger partial charge in [-0.1, -0.05) is 29.8 Å². The number of amides is 1. The average molecular weight is 301 g/mol. The molecule has 0 unspecified atom stereocenters. The zero-order valence-corrected chi connectivity index (χ0v) is 12.1. The minimum Gasteiger partial charge on any atom is -0.397 e. The topological polar surface area (TPSA) is 72.9 Å². The lowest BCUT2D eigenvalue weighted by molar-refractivity contribution is 0.102. The molecule has 0 aliphatic carbocycles. The van der Waals surface area contributed by atoms with E-state index in [0.29, 0.717) is 22.1 Å². The molecule has 0 saturated heterocycles. The van der Waals surface area contributed by atoms with E-state index in [9.17, 15) is 4.79 Å². The number of carbonyl (C=O) groups excluding carboxylic acids is 1. The number of nitrogens with two attached hydrogens (primary N) is 1. The number of aryl methyl sites for hydroxylation is 1. The zero-order valence-electron chi connectivity index (χ0n) is 11.3. The van der Waals surface area contributed by atoms with Crippen LogP contribution in [-0.4, -0.2) is 15.7 Å². The summed E-state index contributed by atoms with van der Waals surface area (Å²) in [6.45, 7) is 0. The van der Waals surface area contributed by atoms with Gasteiger partial charge in [-0.3, -0.25) is 9.48 Å². The number of hydrogen-bond acceptors (Lipinski definition) is 3. The van der Waals surface area contributed by atoms with Gasteiger partial charge in [0, 0.05) is 18.1 Å². The normalized spacial score (nSPS) is 10.8. The standard InChI is InChI=1S/C15H13ClN4O/c1-20-13-5-3-2-4-10(13)14(19-20)15(21)18-9-6-7-11(16)12(17)8-9/h2-8H,17H2,1H3,(H,18,21). The van der Waals surface area contributed by atoms with Gasteiger partial charge in [0.25, 0.3) is 5.91 Å². The van der Waals surface area contributed by atoms with Crippen LogP contribution in [0.3, 0.4) is 0 Å². The molecule has 0 radical (unpaired) electrons. The zero-order chi connectivity index (χ0) is 15.0. The lowest BCUT2D eigenvalue weighted by Gasteiger charge is -2.05. The maximum atomic E-state index is 12.4. The summed E-state index contributed by atoms with van der Waals surface area (Å²) >= 11 is 5.86. The van der Waals surface area contributed by atoms with Crippen molar-refractivity contribution in [3.63, 3.8) is 0 Å². The Morgan fingerprint density at radius 1 is 1.29 bits per heavy atom. The number of hydrogen-bond donors (Lipinski definition) is 2. The number of anilines is 2. The fourth-order valence-corrected chi connectivity index (χ4v) is 2.31. The van der Waals surface area contributed by atoms with Gasteiger partial charge in [0.1, 0.15) is 0 Å². The van der Waals surface area contributed by atoms with Crippen molar-refractivity contribution in [2.75, 3.05) is 11.1 Å². The van der Waals surface area contributed by atoms with E-state index in [2.05, 4.69) is 10.4 Å². The van der Waals surface area contributed by atoms with Crippen LogP contribution in [0.25, 0.3) is 10.9 Å². The quantitative estimate of drug-likeness (QED) is 0.714. The van der Waals surface area contributed by atoms with Crippen LogP contribution in [0.5, 0.6) is 0 Å². The number of halogens is 1. The van der Waals surface area contributed by atoms with Gasteiger partial charge in [0.05, 0.1) is 16.2 Å². The van der Waals surface area contributed by atoms with Gasteiger partial charge in [0.15, 0.2) is 5.69 Å². The third kappa shape index (κ3) is 2.43. The number of rotatable bonds is 2. The predicted molar refractivity (Wildman–Crippen MR) is 84.5 cm³/mol. The summed E-state index contributed by atoms with van der Waals surface area (Å²) in [7, 11) is 1.80. The predicted octanol–water partition coefficient (Wildman–Crippen LogP) is 3.06. The van der Waals surface area contributed by atoms with Crippen molar-refractivity contribution in [2.24, 2.45) is 7.05 Å². The Bertz CT molecular complexity index is 841. The monoisotopic (exact) mass is 300 g/mol. The molecule has 0 atom stereocenters. The molecular weight excluding hydrogens is 288 g/mol. The van der Waals surface area contributed by atoms with E-state index in [-0.39, 0.29) is 5.91 Å². The van der Waals surface area contributed by atoms with Crippen LogP contribution in [0.4, 0.5) is 11.4 Å². The van der Waals surface area contributed by atoms with E-state index in [1.54, 1.807) is 29.9 Å². The third-order valence-electron chi connectivity index (χ3n) is 3.23. The van der Waals surface area contributed by atoms with Crippen LogP contribution in [0.15, 0.2) is 42.5 Å². The minimum atomic E-state index is -0.284. The highest BCUT2D eigenvalue weighted by Gasteiger charge is 2.16. The molecule has 2 aromatic carbocycles. The first kappa shape index (κ1) is 13.5. The summed E-state index contributed by atoms with van der Waals surface area (Å²) in [5, 5.41) is 8.31. The second-order valence-electron chi connectivity index (χ2n) is 4.68. The van der Waals surface area contributed by atoms with Crippen molar-refractivity contribution in [3.8, 4) is 0 Å². The van der Waals surface area contributed by atoms with Crippen LogP contribution in [0.2, 0.25) is 5.02 Å². The molecule has 0 saturated carbocycles. The van der Waals surface area contributed by atoms with Gasteiger partial charge in [-0.25, -0.2) is 0 Å². The summed E-state index contributed by atoms with van der Waals surface area (Å²) < 4.78 is 1.68. The van der Waals surface area contributed by atoms with E-state index in [1.807, 2.05) is 24.3 Å². The lowest BCUT2D eigenvalue weighted by Crippen LogP contribution is -2.13. The van der Waals surface area contributed by atoms with E-state index >= 15 is 0 Å². The van der Waals surface area contributed by atoms with Crippen LogP contribution >= 0.6 is 11.6 Å². The third-order valence-corrected chi connectivity index (χ3v) is 3.57. The summed E-state index contributed by atoms with van der Waals surface area (Å²) in [5.41, 5.74) is 8.00. The number of benzene rings is 2. The van der Waals surface area contributed by atoms with Crippen molar-refractivity contribution in [3.05, 3.63) is 53.2 Å². The number of carbonyl (C=O) groups is 1. The first-order valence-corrected chi connectivity index (χ1v) is 6.72. The first-order chi connectivity index (χ1) is 10.1. The Labute approximate surface area is 126 Å². The lowest BCUT2D eigenvalue weighted by atomic mass is 10.2. The van der Waals surface area contributed by atoms with Gasteiger partial charge in [-0.05, 0) is 24.3 Å². The molecule has 3 aromatic rings. The highest BCUT2D eigenvalue weighted by molar-refractivity contribution is 6.33. The van der Waals surface area contributed by atoms with E-state index < -0.39 is 0 Å². The SMILES string of the molecule is Cn1nc(C(=O)Nc2ccc(Cl)c(N)c2)c2ccccc21. The van der Waals surface area contributed by atoms with Gasteiger partial charge < -0.3 is 11.1 Å². The minimum absolute atomic E-state index is 0.284. The largest absolute Gasteiger partial charge is 0.397 e. The second kappa shape index (κ2) is 5.10. The molecule has 21 heavy (non-hydrogen) atoms. The second-order valence-corrected chi connectivity index (χ2v) is 5.09. The summed E-state index contributed by atoms with van der Waals surface area (Å²) in [4.78, 5) is 12.4.